The van der Waals surface area contributed by atoms with Gasteiger partial charge in [-0.2, -0.15) is 5.10 Å². The Balaban J connectivity index is 2.62. The van der Waals surface area contributed by atoms with E-state index in [0.717, 1.165) is 24.9 Å². The minimum absolute atomic E-state index is 0.199. The van der Waals surface area contributed by atoms with Crippen molar-refractivity contribution in [1.82, 2.24) is 9.78 Å². The predicted octanol–water partition coefficient (Wildman–Crippen LogP) is 2.28. The molecule has 0 bridgehead atoms. The fraction of sp³-hybridized carbons (Fsp3) is 0.600. The zero-order chi connectivity index (χ0) is 9.68. The number of Topliss-reactive ketones (excluding diaryl/α,β-unsaturated/α-hetero) is 1. The third-order valence-electron chi connectivity index (χ3n) is 1.88. The average Bonchev–Trinajstić information content (AvgIpc) is 2.54. The van der Waals surface area contributed by atoms with Crippen molar-refractivity contribution in [2.24, 2.45) is 0 Å². The molecule has 72 valence electrons. The molecule has 0 atom stereocenters. The van der Waals surface area contributed by atoms with Gasteiger partial charge in [0.2, 0.25) is 0 Å². The molecule has 13 heavy (non-hydrogen) atoms. The van der Waals surface area contributed by atoms with Crippen molar-refractivity contribution in [1.29, 1.82) is 0 Å². The number of hydrogen-bond donors (Lipinski definition) is 0. The first-order valence-corrected chi connectivity index (χ1v) is 4.83. The summed E-state index contributed by atoms with van der Waals surface area (Å²) in [6.45, 7) is 4.99. The van der Waals surface area contributed by atoms with Crippen LogP contribution in [0.1, 0.15) is 43.5 Å². The maximum Gasteiger partial charge on any atom is 0.166 e. The summed E-state index contributed by atoms with van der Waals surface area (Å²) in [7, 11) is 0. The van der Waals surface area contributed by atoms with Gasteiger partial charge in [-0.3, -0.25) is 9.48 Å². The van der Waals surface area contributed by atoms with Crippen LogP contribution in [0.25, 0.3) is 0 Å². The third kappa shape index (κ3) is 2.68. The maximum atomic E-state index is 11.4. The molecule has 0 fully saturated rings. The normalized spacial score (nSPS) is 10.3. The minimum atomic E-state index is 0.199. The number of carbonyl (C=O) groups is 1. The number of aryl methyl sites for hydroxylation is 1. The summed E-state index contributed by atoms with van der Waals surface area (Å²) in [6.07, 6.45) is 6.06. The van der Waals surface area contributed by atoms with E-state index in [0.29, 0.717) is 6.42 Å². The van der Waals surface area contributed by atoms with E-state index in [-0.39, 0.29) is 5.78 Å². The van der Waals surface area contributed by atoms with Crippen molar-refractivity contribution >= 4 is 5.78 Å². The van der Waals surface area contributed by atoms with Crippen LogP contribution in [0.5, 0.6) is 0 Å². The van der Waals surface area contributed by atoms with Gasteiger partial charge in [0.15, 0.2) is 5.78 Å². The first-order chi connectivity index (χ1) is 6.27. The molecule has 0 aliphatic heterocycles. The van der Waals surface area contributed by atoms with Gasteiger partial charge < -0.3 is 0 Å². The molecule has 0 aliphatic rings. The van der Waals surface area contributed by atoms with Gasteiger partial charge in [0.1, 0.15) is 0 Å². The molecular formula is C10H16N2O. The largest absolute Gasteiger partial charge is 0.294 e. The Kier molecular flexibility index (Phi) is 3.68. The standard InChI is InChI=1S/C10H16N2O/c1-3-5-10(13)9-7-11-12(8-9)6-4-2/h7-8H,3-6H2,1-2H3. The van der Waals surface area contributed by atoms with Crippen LogP contribution in [-0.4, -0.2) is 15.6 Å². The lowest BCUT2D eigenvalue weighted by atomic mass is 10.1. The second-order valence-corrected chi connectivity index (χ2v) is 3.17. The van der Waals surface area contributed by atoms with Crippen molar-refractivity contribution in [3.05, 3.63) is 18.0 Å². The Morgan fingerprint density at radius 1 is 1.46 bits per heavy atom. The molecule has 3 nitrogen and oxygen atoms in total. The van der Waals surface area contributed by atoms with Gasteiger partial charge in [0.25, 0.3) is 0 Å². The number of nitrogens with zero attached hydrogens (tertiary/aromatic N) is 2. The highest BCUT2D eigenvalue weighted by Gasteiger charge is 2.06. The molecule has 0 spiro atoms. The molecule has 0 aliphatic carbocycles. The molecule has 3 heteroatoms. The van der Waals surface area contributed by atoms with Crippen molar-refractivity contribution in [3.8, 4) is 0 Å². The zero-order valence-electron chi connectivity index (χ0n) is 8.29. The molecule has 0 amide bonds. The number of aromatic nitrogens is 2. The zero-order valence-corrected chi connectivity index (χ0v) is 8.29. The van der Waals surface area contributed by atoms with Crippen LogP contribution < -0.4 is 0 Å². The van der Waals surface area contributed by atoms with Crippen LogP contribution in [0, 0.1) is 0 Å². The molecule has 0 aromatic carbocycles. The third-order valence-corrected chi connectivity index (χ3v) is 1.88. The van der Waals surface area contributed by atoms with Gasteiger partial charge in [-0.05, 0) is 12.8 Å². The lowest BCUT2D eigenvalue weighted by Gasteiger charge is -1.95. The van der Waals surface area contributed by atoms with Crippen molar-refractivity contribution < 1.29 is 4.79 Å². The molecule has 0 saturated carbocycles. The highest BCUT2D eigenvalue weighted by Crippen LogP contribution is 2.04. The Labute approximate surface area is 78.8 Å². The van der Waals surface area contributed by atoms with Gasteiger partial charge >= 0.3 is 0 Å². The number of rotatable bonds is 5. The Morgan fingerprint density at radius 3 is 2.85 bits per heavy atom. The van der Waals surface area contributed by atoms with E-state index in [9.17, 15) is 4.79 Å². The van der Waals surface area contributed by atoms with Crippen molar-refractivity contribution in [3.63, 3.8) is 0 Å². The van der Waals surface area contributed by atoms with Crippen LogP contribution in [0.15, 0.2) is 12.4 Å². The average molecular weight is 180 g/mol. The molecule has 1 aromatic rings. The summed E-state index contributed by atoms with van der Waals surface area (Å²) in [5.41, 5.74) is 0.746. The molecule has 0 N–H and O–H groups in total. The molecular weight excluding hydrogens is 164 g/mol. The predicted molar refractivity (Wildman–Crippen MR) is 51.8 cm³/mol. The lowest BCUT2D eigenvalue weighted by Crippen LogP contribution is -1.98. The second kappa shape index (κ2) is 4.80. The molecule has 0 radical (unpaired) electrons. The van der Waals surface area contributed by atoms with Gasteiger partial charge in [0, 0.05) is 19.2 Å². The highest BCUT2D eigenvalue weighted by molar-refractivity contribution is 5.95. The van der Waals surface area contributed by atoms with E-state index in [1.54, 1.807) is 6.20 Å². The van der Waals surface area contributed by atoms with E-state index in [1.165, 1.54) is 0 Å². The maximum absolute atomic E-state index is 11.4. The lowest BCUT2D eigenvalue weighted by molar-refractivity contribution is 0.0981. The van der Waals surface area contributed by atoms with Gasteiger partial charge in [-0.15, -0.1) is 0 Å². The number of carbonyl (C=O) groups excluding carboxylic acids is 1. The molecule has 1 aromatic heterocycles. The van der Waals surface area contributed by atoms with Crippen LogP contribution in [0.3, 0.4) is 0 Å². The summed E-state index contributed by atoms with van der Waals surface area (Å²) in [6, 6.07) is 0. The topological polar surface area (TPSA) is 34.9 Å². The van der Waals surface area contributed by atoms with Crippen molar-refractivity contribution in [2.45, 2.75) is 39.7 Å². The molecule has 1 rings (SSSR count). The van der Waals surface area contributed by atoms with E-state index in [4.69, 9.17) is 0 Å². The monoisotopic (exact) mass is 180 g/mol. The van der Waals surface area contributed by atoms with Crippen LogP contribution >= 0.6 is 0 Å². The van der Waals surface area contributed by atoms with Crippen LogP contribution in [0.4, 0.5) is 0 Å². The Bertz CT molecular complexity index is 278. The van der Waals surface area contributed by atoms with Crippen molar-refractivity contribution in [2.75, 3.05) is 0 Å². The van der Waals surface area contributed by atoms with Gasteiger partial charge in [-0.1, -0.05) is 13.8 Å². The molecule has 0 unspecified atom stereocenters. The summed E-state index contributed by atoms with van der Waals surface area (Å²) >= 11 is 0. The summed E-state index contributed by atoms with van der Waals surface area (Å²) in [4.78, 5) is 11.4. The van der Waals surface area contributed by atoms with Gasteiger partial charge in [-0.25, -0.2) is 0 Å². The fourth-order valence-electron chi connectivity index (χ4n) is 1.23. The van der Waals surface area contributed by atoms with E-state index in [1.807, 2.05) is 17.8 Å². The fourth-order valence-corrected chi connectivity index (χ4v) is 1.23. The first-order valence-electron chi connectivity index (χ1n) is 4.83. The smallest absolute Gasteiger partial charge is 0.166 e. The molecule has 0 saturated heterocycles. The highest BCUT2D eigenvalue weighted by atomic mass is 16.1. The van der Waals surface area contributed by atoms with Crippen LogP contribution in [0.2, 0.25) is 0 Å². The number of ketones is 1. The summed E-state index contributed by atoms with van der Waals surface area (Å²) < 4.78 is 1.82. The number of hydrogen-bond acceptors (Lipinski definition) is 2. The Hall–Kier alpha value is -1.12. The SMILES string of the molecule is CCCC(=O)c1cnn(CCC)c1. The minimum Gasteiger partial charge on any atom is -0.294 e. The van der Waals surface area contributed by atoms with E-state index < -0.39 is 0 Å². The van der Waals surface area contributed by atoms with Crippen LogP contribution in [-0.2, 0) is 6.54 Å². The summed E-state index contributed by atoms with van der Waals surface area (Å²) in [5.74, 6) is 0.199. The Morgan fingerprint density at radius 2 is 2.23 bits per heavy atom. The first kappa shape index (κ1) is 9.96. The summed E-state index contributed by atoms with van der Waals surface area (Å²) in [5, 5.41) is 4.11. The van der Waals surface area contributed by atoms with E-state index in [2.05, 4.69) is 12.0 Å². The van der Waals surface area contributed by atoms with Gasteiger partial charge in [0.05, 0.1) is 11.8 Å². The van der Waals surface area contributed by atoms with E-state index >= 15 is 0 Å². The quantitative estimate of drug-likeness (QED) is 0.651. The second-order valence-electron chi connectivity index (χ2n) is 3.17. The molecule has 1 heterocycles.